The highest BCUT2D eigenvalue weighted by molar-refractivity contribution is 5.70. The second-order valence-corrected chi connectivity index (χ2v) is 7.61. The van der Waals surface area contributed by atoms with E-state index in [0.717, 1.165) is 23.3 Å². The van der Waals surface area contributed by atoms with Crippen molar-refractivity contribution in [2.24, 2.45) is 0 Å². The number of rotatable bonds is 8. The van der Waals surface area contributed by atoms with E-state index in [1.165, 1.54) is 12.1 Å². The van der Waals surface area contributed by atoms with Gasteiger partial charge in [-0.05, 0) is 78.6 Å². The van der Waals surface area contributed by atoms with Crippen molar-refractivity contribution in [3.63, 3.8) is 0 Å². The summed E-state index contributed by atoms with van der Waals surface area (Å²) in [5.41, 5.74) is 2.39. The lowest BCUT2D eigenvalue weighted by atomic mass is 10.1. The molecule has 0 saturated heterocycles. The first-order chi connectivity index (χ1) is 15.6. The number of carbonyl (C=O) groups is 1. The van der Waals surface area contributed by atoms with Crippen molar-refractivity contribution < 1.29 is 32.5 Å². The molecule has 0 amide bonds. The Labute approximate surface area is 189 Å². The Hall–Kier alpha value is -3.74. The molecule has 1 N–H and O–H groups in total. The van der Waals surface area contributed by atoms with E-state index in [-0.39, 0.29) is 13.0 Å². The van der Waals surface area contributed by atoms with Gasteiger partial charge in [-0.2, -0.15) is 13.2 Å². The van der Waals surface area contributed by atoms with Gasteiger partial charge in [-0.3, -0.25) is 4.79 Å². The van der Waals surface area contributed by atoms with Crippen molar-refractivity contribution in [3.05, 3.63) is 94.6 Å². The van der Waals surface area contributed by atoms with Gasteiger partial charge in [-0.25, -0.2) is 0 Å². The Morgan fingerprint density at radius 2 is 1.67 bits per heavy atom. The summed E-state index contributed by atoms with van der Waals surface area (Å²) in [7, 11) is 0. The smallest absolute Gasteiger partial charge is 0.416 e. The molecule has 0 aliphatic rings. The summed E-state index contributed by atoms with van der Waals surface area (Å²) in [6.07, 6.45) is -1.09. The molecule has 3 aromatic carbocycles. The summed E-state index contributed by atoms with van der Waals surface area (Å²) in [4.78, 5) is 11.0. The molecule has 7 heteroatoms. The molecular formula is C26H23F3O4. The van der Waals surface area contributed by atoms with Crippen LogP contribution in [0, 0.1) is 13.8 Å². The van der Waals surface area contributed by atoms with Crippen LogP contribution in [0.2, 0.25) is 0 Å². The van der Waals surface area contributed by atoms with Crippen molar-refractivity contribution in [1.82, 2.24) is 0 Å². The minimum absolute atomic E-state index is 0.107. The Morgan fingerprint density at radius 1 is 0.939 bits per heavy atom. The molecule has 4 nitrogen and oxygen atoms in total. The van der Waals surface area contributed by atoms with Crippen molar-refractivity contribution in [2.45, 2.75) is 26.4 Å². The van der Waals surface area contributed by atoms with Gasteiger partial charge in [0.05, 0.1) is 12.0 Å². The SMILES string of the molecule is Cc1cc(CC(=O)O)cc(Oc2ccc(C)cc2OC/C=C/c2ccc(C(F)(F)F)cc2)c1. The summed E-state index contributed by atoms with van der Waals surface area (Å²) in [5, 5.41) is 9.05. The third kappa shape index (κ3) is 7.14. The van der Waals surface area contributed by atoms with E-state index in [0.29, 0.717) is 28.4 Å². The zero-order chi connectivity index (χ0) is 24.0. The summed E-state index contributed by atoms with van der Waals surface area (Å²) < 4.78 is 49.8. The number of aliphatic carboxylic acids is 1. The Balaban J connectivity index is 1.70. The van der Waals surface area contributed by atoms with E-state index in [1.807, 2.05) is 26.0 Å². The average molecular weight is 456 g/mol. The van der Waals surface area contributed by atoms with Crippen molar-refractivity contribution in [1.29, 1.82) is 0 Å². The predicted molar refractivity (Wildman–Crippen MR) is 120 cm³/mol. The summed E-state index contributed by atoms with van der Waals surface area (Å²) in [5.74, 6) is 0.537. The maximum atomic E-state index is 12.7. The fourth-order valence-corrected chi connectivity index (χ4v) is 3.20. The predicted octanol–water partition coefficient (Wildman–Crippen LogP) is 6.83. The molecule has 0 radical (unpaired) electrons. The molecule has 0 saturated carbocycles. The molecule has 0 aliphatic carbocycles. The fraction of sp³-hybridized carbons (Fsp3) is 0.192. The van der Waals surface area contributed by atoms with Crippen LogP contribution in [-0.2, 0) is 17.4 Å². The van der Waals surface area contributed by atoms with Crippen LogP contribution in [0.15, 0.2) is 66.7 Å². The van der Waals surface area contributed by atoms with Crippen LogP contribution in [0.3, 0.4) is 0 Å². The van der Waals surface area contributed by atoms with Gasteiger partial charge in [-0.1, -0.05) is 30.3 Å². The number of halogens is 3. The number of hydrogen-bond donors (Lipinski definition) is 1. The number of hydrogen-bond acceptors (Lipinski definition) is 3. The molecule has 0 heterocycles. The number of benzene rings is 3. The van der Waals surface area contributed by atoms with Crippen molar-refractivity contribution >= 4 is 12.0 Å². The maximum Gasteiger partial charge on any atom is 0.416 e. The van der Waals surface area contributed by atoms with Crippen LogP contribution in [0.4, 0.5) is 13.2 Å². The number of carboxylic acid groups (broad SMARTS) is 1. The lowest BCUT2D eigenvalue weighted by molar-refractivity contribution is -0.138. The topological polar surface area (TPSA) is 55.8 Å². The van der Waals surface area contributed by atoms with E-state index in [1.54, 1.807) is 36.4 Å². The third-order valence-electron chi connectivity index (χ3n) is 4.68. The van der Waals surface area contributed by atoms with E-state index < -0.39 is 17.7 Å². The van der Waals surface area contributed by atoms with Crippen molar-refractivity contribution in [2.75, 3.05) is 6.61 Å². The Morgan fingerprint density at radius 3 is 2.33 bits per heavy atom. The first kappa shape index (κ1) is 23.9. The molecule has 0 atom stereocenters. The van der Waals surface area contributed by atoms with Gasteiger partial charge in [0, 0.05) is 0 Å². The second-order valence-electron chi connectivity index (χ2n) is 7.61. The molecule has 0 bridgehead atoms. The lowest BCUT2D eigenvalue weighted by Crippen LogP contribution is -2.04. The molecule has 0 aliphatic heterocycles. The summed E-state index contributed by atoms with van der Waals surface area (Å²) >= 11 is 0. The monoisotopic (exact) mass is 456 g/mol. The van der Waals surface area contributed by atoms with Gasteiger partial charge in [0.25, 0.3) is 0 Å². The highest BCUT2D eigenvalue weighted by atomic mass is 19.4. The first-order valence-corrected chi connectivity index (χ1v) is 10.2. The van der Waals surface area contributed by atoms with Crippen LogP contribution in [0.1, 0.15) is 27.8 Å². The fourth-order valence-electron chi connectivity index (χ4n) is 3.20. The zero-order valence-electron chi connectivity index (χ0n) is 18.1. The second kappa shape index (κ2) is 10.3. The maximum absolute atomic E-state index is 12.7. The van der Waals surface area contributed by atoms with Crippen LogP contribution in [0.25, 0.3) is 6.08 Å². The normalized spacial score (nSPS) is 11.5. The molecule has 0 aromatic heterocycles. The van der Waals surface area contributed by atoms with Crippen LogP contribution >= 0.6 is 0 Å². The molecule has 0 spiro atoms. The molecule has 0 unspecified atom stereocenters. The van der Waals surface area contributed by atoms with Gasteiger partial charge in [0.2, 0.25) is 0 Å². The molecule has 3 aromatic rings. The van der Waals surface area contributed by atoms with Gasteiger partial charge >= 0.3 is 12.1 Å². The van der Waals surface area contributed by atoms with Gasteiger partial charge in [-0.15, -0.1) is 0 Å². The van der Waals surface area contributed by atoms with Crippen LogP contribution in [-0.4, -0.2) is 17.7 Å². The van der Waals surface area contributed by atoms with Crippen LogP contribution < -0.4 is 9.47 Å². The average Bonchev–Trinajstić information content (AvgIpc) is 2.72. The molecule has 33 heavy (non-hydrogen) atoms. The molecule has 3 rings (SSSR count). The number of ether oxygens (including phenoxy) is 2. The molecule has 172 valence electrons. The minimum Gasteiger partial charge on any atom is -0.486 e. The van der Waals surface area contributed by atoms with E-state index in [4.69, 9.17) is 14.6 Å². The zero-order valence-corrected chi connectivity index (χ0v) is 18.1. The van der Waals surface area contributed by atoms with Crippen molar-refractivity contribution in [3.8, 4) is 17.2 Å². The molecular weight excluding hydrogens is 433 g/mol. The molecule has 0 fully saturated rings. The first-order valence-electron chi connectivity index (χ1n) is 10.2. The Bertz CT molecular complexity index is 1150. The van der Waals surface area contributed by atoms with E-state index in [9.17, 15) is 18.0 Å². The van der Waals surface area contributed by atoms with E-state index >= 15 is 0 Å². The number of aryl methyl sites for hydroxylation is 2. The lowest BCUT2D eigenvalue weighted by Gasteiger charge is -2.14. The largest absolute Gasteiger partial charge is 0.486 e. The van der Waals surface area contributed by atoms with Gasteiger partial charge < -0.3 is 14.6 Å². The minimum atomic E-state index is -4.36. The number of carboxylic acids is 1. The summed E-state index contributed by atoms with van der Waals surface area (Å²) in [6, 6.07) is 15.6. The van der Waals surface area contributed by atoms with Gasteiger partial charge in [0.1, 0.15) is 12.4 Å². The summed E-state index contributed by atoms with van der Waals surface area (Å²) in [6.45, 7) is 3.95. The Kier molecular flexibility index (Phi) is 7.43. The third-order valence-corrected chi connectivity index (χ3v) is 4.68. The number of alkyl halides is 3. The van der Waals surface area contributed by atoms with E-state index in [2.05, 4.69) is 0 Å². The highest BCUT2D eigenvalue weighted by Gasteiger charge is 2.29. The highest BCUT2D eigenvalue weighted by Crippen LogP contribution is 2.33. The quantitative estimate of drug-likeness (QED) is 0.404. The van der Waals surface area contributed by atoms with Crippen LogP contribution in [0.5, 0.6) is 17.2 Å². The standard InChI is InChI=1S/C26H23F3O4/c1-17-5-10-23(33-22-13-18(2)12-20(15-22)16-25(30)31)24(14-17)32-11-3-4-19-6-8-21(9-7-19)26(27,28)29/h3-10,12-15H,11,16H2,1-2H3,(H,30,31)/b4-3+. The van der Waals surface area contributed by atoms with Gasteiger partial charge in [0.15, 0.2) is 11.5 Å².